The second-order valence-electron chi connectivity index (χ2n) is 9.94. The molecule has 2 bridgehead atoms. The van der Waals surface area contributed by atoms with Crippen LogP contribution in [0.3, 0.4) is 0 Å². The molecular weight excluding hydrogens is 372 g/mol. The Labute approximate surface area is 179 Å². The number of nitrogen functional groups attached to an aromatic ring is 1. The van der Waals surface area contributed by atoms with Crippen LogP contribution in [-0.2, 0) is 16.6 Å². The summed E-state index contributed by atoms with van der Waals surface area (Å²) in [5.74, 6) is -0.422. The third kappa shape index (κ3) is 2.88. The van der Waals surface area contributed by atoms with Gasteiger partial charge < -0.3 is 10.8 Å². The number of rotatable bonds is 6. The van der Waals surface area contributed by atoms with E-state index in [0.717, 1.165) is 24.2 Å². The molecule has 0 aromatic heterocycles. The Morgan fingerprint density at radius 1 is 1.20 bits per heavy atom. The first-order valence-electron chi connectivity index (χ1n) is 11.3. The van der Waals surface area contributed by atoms with E-state index >= 15 is 0 Å². The van der Waals surface area contributed by atoms with Crippen LogP contribution in [-0.4, -0.2) is 35.1 Å². The van der Waals surface area contributed by atoms with Gasteiger partial charge in [-0.2, -0.15) is 0 Å². The molecule has 30 heavy (non-hydrogen) atoms. The van der Waals surface area contributed by atoms with E-state index in [1.807, 2.05) is 36.4 Å². The van der Waals surface area contributed by atoms with Crippen LogP contribution in [0.15, 0.2) is 54.6 Å². The number of aliphatic carboxylic acids is 1. The molecule has 5 unspecified atom stereocenters. The molecule has 2 saturated carbocycles. The van der Waals surface area contributed by atoms with Gasteiger partial charge in [0.05, 0.1) is 5.92 Å². The number of carboxylic acids is 1. The first kappa shape index (κ1) is 19.6. The summed E-state index contributed by atoms with van der Waals surface area (Å²) < 4.78 is 0. The minimum absolute atomic E-state index is 0.195. The highest BCUT2D eigenvalue weighted by molar-refractivity contribution is 5.70. The monoisotopic (exact) mass is 404 g/mol. The smallest absolute Gasteiger partial charge is 0.308 e. The SMILES string of the molecule is CC1C2(c3cccc(N)c3)CCN(CC(Cc3ccccc3)C(=O)O)C3CCC31C2. The lowest BCUT2D eigenvalue weighted by atomic mass is 9.36. The molecule has 4 nitrogen and oxygen atoms in total. The second kappa shape index (κ2) is 7.12. The van der Waals surface area contributed by atoms with Crippen molar-refractivity contribution in [2.75, 3.05) is 18.8 Å². The predicted octanol–water partition coefficient (Wildman–Crippen LogP) is 4.34. The molecule has 1 spiro atoms. The summed E-state index contributed by atoms with van der Waals surface area (Å²) in [4.78, 5) is 14.6. The highest BCUT2D eigenvalue weighted by Crippen LogP contribution is 2.72. The quantitative estimate of drug-likeness (QED) is 0.703. The Bertz CT molecular complexity index is 945. The first-order valence-corrected chi connectivity index (χ1v) is 11.3. The molecule has 2 saturated heterocycles. The van der Waals surface area contributed by atoms with Gasteiger partial charge in [-0.15, -0.1) is 0 Å². The minimum Gasteiger partial charge on any atom is -0.481 e. The van der Waals surface area contributed by atoms with E-state index in [1.165, 1.54) is 24.8 Å². The molecule has 158 valence electrons. The number of benzene rings is 2. The van der Waals surface area contributed by atoms with Gasteiger partial charge >= 0.3 is 5.97 Å². The molecule has 2 aromatic carbocycles. The van der Waals surface area contributed by atoms with Crippen LogP contribution in [0.25, 0.3) is 0 Å². The number of carboxylic acid groups (broad SMARTS) is 1. The lowest BCUT2D eigenvalue weighted by Gasteiger charge is -2.69. The van der Waals surface area contributed by atoms with Crippen molar-refractivity contribution in [1.82, 2.24) is 4.90 Å². The summed E-state index contributed by atoms with van der Waals surface area (Å²) in [6, 6.07) is 19.0. The molecule has 2 aromatic rings. The van der Waals surface area contributed by atoms with E-state index < -0.39 is 5.97 Å². The molecule has 0 radical (unpaired) electrons. The van der Waals surface area contributed by atoms with Crippen molar-refractivity contribution < 1.29 is 9.90 Å². The number of anilines is 1. The van der Waals surface area contributed by atoms with Gasteiger partial charge in [0.1, 0.15) is 0 Å². The van der Waals surface area contributed by atoms with Crippen molar-refractivity contribution in [2.45, 2.75) is 50.5 Å². The Balaban J connectivity index is 1.38. The van der Waals surface area contributed by atoms with Crippen molar-refractivity contribution >= 4 is 11.7 Å². The van der Waals surface area contributed by atoms with Crippen LogP contribution in [0.1, 0.15) is 43.7 Å². The zero-order valence-electron chi connectivity index (χ0n) is 17.8. The van der Waals surface area contributed by atoms with Crippen molar-refractivity contribution in [3.05, 3.63) is 65.7 Å². The van der Waals surface area contributed by atoms with Gasteiger partial charge in [0.15, 0.2) is 0 Å². The fourth-order valence-corrected chi connectivity index (χ4v) is 6.99. The van der Waals surface area contributed by atoms with E-state index in [1.54, 1.807) is 0 Å². The topological polar surface area (TPSA) is 66.6 Å². The van der Waals surface area contributed by atoms with Gasteiger partial charge in [-0.25, -0.2) is 0 Å². The van der Waals surface area contributed by atoms with Gasteiger partial charge in [-0.1, -0.05) is 49.4 Å². The van der Waals surface area contributed by atoms with E-state index in [9.17, 15) is 9.90 Å². The van der Waals surface area contributed by atoms with Crippen molar-refractivity contribution in [3.63, 3.8) is 0 Å². The van der Waals surface area contributed by atoms with Crippen LogP contribution in [0.4, 0.5) is 5.69 Å². The number of hydrogen-bond acceptors (Lipinski definition) is 3. The van der Waals surface area contributed by atoms with E-state index in [2.05, 4.69) is 30.0 Å². The number of hydrogen-bond donors (Lipinski definition) is 2. The highest BCUT2D eigenvalue weighted by atomic mass is 16.4. The Morgan fingerprint density at radius 2 is 2.00 bits per heavy atom. The van der Waals surface area contributed by atoms with Crippen LogP contribution < -0.4 is 5.73 Å². The van der Waals surface area contributed by atoms with Crippen LogP contribution in [0, 0.1) is 17.3 Å². The summed E-state index contributed by atoms with van der Waals surface area (Å²) >= 11 is 0. The van der Waals surface area contributed by atoms with Crippen LogP contribution >= 0.6 is 0 Å². The molecule has 2 aliphatic carbocycles. The van der Waals surface area contributed by atoms with Crippen LogP contribution in [0.2, 0.25) is 0 Å². The maximum atomic E-state index is 12.1. The average Bonchev–Trinajstić information content (AvgIpc) is 2.85. The Hall–Kier alpha value is -2.33. The maximum absolute atomic E-state index is 12.1. The van der Waals surface area contributed by atoms with Crippen molar-refractivity contribution in [1.29, 1.82) is 0 Å². The number of nitrogens with two attached hydrogens (primary N) is 1. The normalized spacial score (nSPS) is 33.5. The Morgan fingerprint density at radius 3 is 2.63 bits per heavy atom. The highest BCUT2D eigenvalue weighted by Gasteiger charge is 2.69. The average molecular weight is 405 g/mol. The third-order valence-corrected chi connectivity index (χ3v) is 8.76. The Kier molecular flexibility index (Phi) is 4.66. The second-order valence-corrected chi connectivity index (χ2v) is 9.94. The van der Waals surface area contributed by atoms with Gasteiger partial charge in [0.25, 0.3) is 0 Å². The third-order valence-electron chi connectivity index (χ3n) is 8.76. The van der Waals surface area contributed by atoms with Crippen molar-refractivity contribution in [3.8, 4) is 0 Å². The van der Waals surface area contributed by atoms with Gasteiger partial charge in [-0.05, 0) is 73.2 Å². The minimum atomic E-state index is -0.678. The lowest BCUT2D eigenvalue weighted by molar-refractivity contribution is -0.159. The van der Waals surface area contributed by atoms with E-state index in [-0.39, 0.29) is 11.3 Å². The fourth-order valence-electron chi connectivity index (χ4n) is 6.99. The molecular formula is C26H32N2O2. The first-order chi connectivity index (χ1) is 14.4. The predicted molar refractivity (Wildman–Crippen MR) is 119 cm³/mol. The van der Waals surface area contributed by atoms with Crippen molar-refractivity contribution in [2.24, 2.45) is 17.3 Å². The molecule has 0 amide bonds. The zero-order chi connectivity index (χ0) is 20.9. The molecule has 3 N–H and O–H groups in total. The van der Waals surface area contributed by atoms with Gasteiger partial charge in [-0.3, -0.25) is 9.69 Å². The number of nitrogens with zero attached hydrogens (tertiary/aromatic N) is 1. The zero-order valence-corrected chi connectivity index (χ0v) is 17.8. The molecule has 4 aliphatic rings. The molecule has 2 heterocycles. The summed E-state index contributed by atoms with van der Waals surface area (Å²) in [5, 5.41) is 9.95. The number of fused-ring (bicyclic) bond motifs is 2. The molecule has 4 fully saturated rings. The molecule has 6 rings (SSSR count). The maximum Gasteiger partial charge on any atom is 0.308 e. The molecule has 2 aliphatic heterocycles. The summed E-state index contributed by atoms with van der Waals surface area (Å²) in [6.07, 6.45) is 5.39. The van der Waals surface area contributed by atoms with E-state index in [0.29, 0.717) is 30.3 Å². The summed E-state index contributed by atoms with van der Waals surface area (Å²) in [6.45, 7) is 4.06. The molecule has 5 atom stereocenters. The standard InChI is InChI=1S/C26H32N2O2/c1-18-25(21-8-5-9-22(27)15-21)12-13-28(23-10-11-26(18,23)17-25)16-20(24(29)30)14-19-6-3-2-4-7-19/h2-9,15,18,20,23H,10-14,16-17,27H2,1H3,(H,29,30). The fraction of sp³-hybridized carbons (Fsp3) is 0.500. The number of carbonyl (C=O) groups is 1. The largest absolute Gasteiger partial charge is 0.481 e. The van der Waals surface area contributed by atoms with E-state index in [4.69, 9.17) is 5.73 Å². The lowest BCUT2D eigenvalue weighted by Crippen LogP contribution is -2.68. The van der Waals surface area contributed by atoms with Gasteiger partial charge in [0.2, 0.25) is 0 Å². The van der Waals surface area contributed by atoms with Crippen LogP contribution in [0.5, 0.6) is 0 Å². The van der Waals surface area contributed by atoms with Gasteiger partial charge in [0, 0.05) is 23.7 Å². The summed E-state index contributed by atoms with van der Waals surface area (Å²) in [7, 11) is 0. The summed E-state index contributed by atoms with van der Waals surface area (Å²) in [5.41, 5.74) is 10.0. The molecule has 4 heteroatoms.